The zero-order valence-electron chi connectivity index (χ0n) is 14.1. The van der Waals surface area contributed by atoms with Gasteiger partial charge in [0.1, 0.15) is 6.10 Å². The Labute approximate surface area is 156 Å². The zero-order chi connectivity index (χ0) is 17.9. The van der Waals surface area contributed by atoms with Gasteiger partial charge in [0.25, 0.3) is 5.91 Å². The molecule has 5 nitrogen and oxygen atoms in total. The minimum Gasteiger partial charge on any atom is -0.473 e. The summed E-state index contributed by atoms with van der Waals surface area (Å²) in [5.41, 5.74) is 2.21. The Morgan fingerprint density at radius 2 is 1.73 bits per heavy atom. The fourth-order valence-corrected chi connectivity index (χ4v) is 3.37. The average molecular weight is 368 g/mol. The van der Waals surface area contributed by atoms with E-state index in [1.165, 1.54) is 0 Å². The van der Waals surface area contributed by atoms with Crippen LogP contribution in [0.5, 0.6) is 5.88 Å². The van der Waals surface area contributed by atoms with Crippen LogP contribution in [-0.2, 0) is 0 Å². The maximum Gasteiger partial charge on any atom is 0.255 e. The molecule has 0 radical (unpaired) electrons. The summed E-state index contributed by atoms with van der Waals surface area (Å²) in [5, 5.41) is 0.488. The number of fused-ring (bicyclic) bond motifs is 1. The molecule has 1 saturated heterocycles. The van der Waals surface area contributed by atoms with Crippen molar-refractivity contribution < 1.29 is 9.53 Å². The Hall–Kier alpha value is -2.66. The second-order valence-electron chi connectivity index (χ2n) is 6.29. The topological polar surface area (TPSA) is 55.3 Å². The summed E-state index contributed by atoms with van der Waals surface area (Å²) in [4.78, 5) is 23.3. The van der Waals surface area contributed by atoms with Crippen molar-refractivity contribution in [3.05, 3.63) is 65.3 Å². The third kappa shape index (κ3) is 3.48. The normalized spacial score (nSPS) is 15.2. The molecular weight excluding hydrogens is 350 g/mol. The number of ether oxygens (including phenoxy) is 1. The van der Waals surface area contributed by atoms with Crippen molar-refractivity contribution in [2.75, 3.05) is 13.1 Å². The maximum absolute atomic E-state index is 12.6. The largest absolute Gasteiger partial charge is 0.473 e. The van der Waals surface area contributed by atoms with Crippen molar-refractivity contribution in [1.82, 2.24) is 14.9 Å². The Morgan fingerprint density at radius 1 is 1.04 bits per heavy atom. The second-order valence-corrected chi connectivity index (χ2v) is 6.69. The van der Waals surface area contributed by atoms with E-state index in [0.717, 1.165) is 23.9 Å². The molecule has 3 aromatic rings. The van der Waals surface area contributed by atoms with Crippen LogP contribution < -0.4 is 4.74 Å². The summed E-state index contributed by atoms with van der Waals surface area (Å²) in [6, 6.07) is 14.9. The van der Waals surface area contributed by atoms with E-state index in [1.54, 1.807) is 18.3 Å². The number of aromatic nitrogens is 2. The van der Waals surface area contributed by atoms with Crippen LogP contribution in [0.4, 0.5) is 0 Å². The fraction of sp³-hybridized carbons (Fsp3) is 0.250. The highest BCUT2D eigenvalue weighted by Gasteiger charge is 2.26. The number of likely N-dealkylation sites (tertiary alicyclic amines) is 1. The van der Waals surface area contributed by atoms with Crippen molar-refractivity contribution in [1.29, 1.82) is 0 Å². The predicted octanol–water partition coefficient (Wildman–Crippen LogP) is 3.97. The van der Waals surface area contributed by atoms with E-state index >= 15 is 0 Å². The molecule has 1 amide bonds. The predicted molar refractivity (Wildman–Crippen MR) is 101 cm³/mol. The van der Waals surface area contributed by atoms with E-state index in [4.69, 9.17) is 16.3 Å². The number of rotatable bonds is 3. The van der Waals surface area contributed by atoms with Crippen LogP contribution in [0.3, 0.4) is 0 Å². The lowest BCUT2D eigenvalue weighted by Crippen LogP contribution is -2.42. The zero-order valence-corrected chi connectivity index (χ0v) is 14.9. The molecule has 0 unspecified atom stereocenters. The van der Waals surface area contributed by atoms with Gasteiger partial charge < -0.3 is 9.64 Å². The monoisotopic (exact) mass is 367 g/mol. The van der Waals surface area contributed by atoms with E-state index in [9.17, 15) is 4.79 Å². The highest BCUT2D eigenvalue weighted by atomic mass is 35.5. The smallest absolute Gasteiger partial charge is 0.255 e. The van der Waals surface area contributed by atoms with Gasteiger partial charge in [-0.2, -0.15) is 0 Å². The number of nitrogens with zero attached hydrogens (tertiary/aromatic N) is 3. The molecule has 6 heteroatoms. The molecule has 2 aromatic carbocycles. The van der Waals surface area contributed by atoms with E-state index in [1.807, 2.05) is 41.3 Å². The summed E-state index contributed by atoms with van der Waals surface area (Å²) < 4.78 is 5.98. The SMILES string of the molecule is O=C(c1ccccc1Cl)N1CCC(Oc2cnc3ccccc3n2)CC1. The van der Waals surface area contributed by atoms with Gasteiger partial charge in [0.05, 0.1) is 27.8 Å². The van der Waals surface area contributed by atoms with Gasteiger partial charge in [-0.25, -0.2) is 9.97 Å². The van der Waals surface area contributed by atoms with E-state index in [0.29, 0.717) is 29.6 Å². The number of para-hydroxylation sites is 2. The van der Waals surface area contributed by atoms with Gasteiger partial charge in [0.2, 0.25) is 5.88 Å². The maximum atomic E-state index is 12.6. The number of benzene rings is 2. The number of hydrogen-bond acceptors (Lipinski definition) is 4. The van der Waals surface area contributed by atoms with Crippen LogP contribution in [-0.4, -0.2) is 40.0 Å². The minimum absolute atomic E-state index is 0.0282. The van der Waals surface area contributed by atoms with Crippen molar-refractivity contribution in [3.8, 4) is 5.88 Å². The summed E-state index contributed by atoms with van der Waals surface area (Å²) >= 11 is 6.13. The van der Waals surface area contributed by atoms with Gasteiger partial charge in [-0.05, 0) is 24.3 Å². The Balaban J connectivity index is 1.38. The number of carbonyl (C=O) groups excluding carboxylic acids is 1. The molecule has 132 valence electrons. The summed E-state index contributed by atoms with van der Waals surface area (Å²) in [7, 11) is 0. The first-order valence-corrected chi connectivity index (χ1v) is 9.01. The number of carbonyl (C=O) groups is 1. The van der Waals surface area contributed by atoms with Gasteiger partial charge in [0, 0.05) is 25.9 Å². The quantitative estimate of drug-likeness (QED) is 0.703. The lowest BCUT2D eigenvalue weighted by Gasteiger charge is -2.32. The highest BCUT2D eigenvalue weighted by Crippen LogP contribution is 2.22. The lowest BCUT2D eigenvalue weighted by molar-refractivity contribution is 0.0588. The molecule has 1 aliphatic heterocycles. The van der Waals surface area contributed by atoms with Crippen LogP contribution in [0.15, 0.2) is 54.7 Å². The third-order valence-corrected chi connectivity index (χ3v) is 4.88. The highest BCUT2D eigenvalue weighted by molar-refractivity contribution is 6.33. The number of halogens is 1. The molecule has 0 atom stereocenters. The lowest BCUT2D eigenvalue weighted by atomic mass is 10.1. The van der Waals surface area contributed by atoms with Crippen LogP contribution >= 0.6 is 11.6 Å². The van der Waals surface area contributed by atoms with Crippen molar-refractivity contribution >= 4 is 28.5 Å². The Morgan fingerprint density at radius 3 is 2.50 bits per heavy atom. The van der Waals surface area contributed by atoms with Crippen molar-refractivity contribution in [3.63, 3.8) is 0 Å². The first-order valence-electron chi connectivity index (χ1n) is 8.63. The van der Waals surface area contributed by atoms with Crippen molar-refractivity contribution in [2.45, 2.75) is 18.9 Å². The number of hydrogen-bond donors (Lipinski definition) is 0. The molecule has 0 aliphatic carbocycles. The molecule has 0 saturated carbocycles. The fourth-order valence-electron chi connectivity index (χ4n) is 3.15. The first-order chi connectivity index (χ1) is 12.7. The second kappa shape index (κ2) is 7.30. The minimum atomic E-state index is -0.0282. The van der Waals surface area contributed by atoms with E-state index < -0.39 is 0 Å². The third-order valence-electron chi connectivity index (χ3n) is 4.55. The average Bonchev–Trinajstić information content (AvgIpc) is 2.68. The molecule has 26 heavy (non-hydrogen) atoms. The Bertz CT molecular complexity index is 939. The van der Waals surface area contributed by atoms with Crippen LogP contribution in [0.2, 0.25) is 5.02 Å². The van der Waals surface area contributed by atoms with E-state index in [2.05, 4.69) is 9.97 Å². The summed E-state index contributed by atoms with van der Waals surface area (Å²) in [6.45, 7) is 1.27. The molecule has 1 aliphatic rings. The molecule has 0 bridgehead atoms. The molecule has 0 N–H and O–H groups in total. The van der Waals surface area contributed by atoms with Gasteiger partial charge in [-0.1, -0.05) is 35.9 Å². The molecule has 4 rings (SSSR count). The van der Waals surface area contributed by atoms with Crippen LogP contribution in [0, 0.1) is 0 Å². The number of piperidine rings is 1. The van der Waals surface area contributed by atoms with Gasteiger partial charge in [-0.3, -0.25) is 4.79 Å². The summed E-state index contributed by atoms with van der Waals surface area (Å²) in [6.07, 6.45) is 3.19. The molecule has 2 heterocycles. The summed E-state index contributed by atoms with van der Waals surface area (Å²) in [5.74, 6) is 0.499. The standard InChI is InChI=1S/C20H18ClN3O2/c21-16-6-2-1-5-15(16)20(25)24-11-9-14(10-12-24)26-19-13-22-17-7-3-4-8-18(17)23-19/h1-8,13-14H,9-12H2. The van der Waals surface area contributed by atoms with Crippen molar-refractivity contribution in [2.24, 2.45) is 0 Å². The molecule has 0 spiro atoms. The van der Waals surface area contributed by atoms with Crippen LogP contribution in [0.1, 0.15) is 23.2 Å². The van der Waals surface area contributed by atoms with Crippen LogP contribution in [0.25, 0.3) is 11.0 Å². The number of amides is 1. The van der Waals surface area contributed by atoms with Gasteiger partial charge >= 0.3 is 0 Å². The van der Waals surface area contributed by atoms with Gasteiger partial charge in [-0.15, -0.1) is 0 Å². The molecule has 1 fully saturated rings. The van der Waals surface area contributed by atoms with Gasteiger partial charge in [0.15, 0.2) is 0 Å². The van der Waals surface area contributed by atoms with E-state index in [-0.39, 0.29) is 12.0 Å². The Kier molecular flexibility index (Phi) is 4.71. The molecular formula is C20H18ClN3O2. The molecule has 1 aromatic heterocycles. The first kappa shape index (κ1) is 16.8.